The number of anilines is 3. The number of hydrogen-bond acceptors (Lipinski definition) is 8. The lowest BCUT2D eigenvalue weighted by atomic mass is 10.2. The molecule has 1 aromatic heterocycles. The Balaban J connectivity index is 1.42. The Hall–Kier alpha value is -3.11. The van der Waals surface area contributed by atoms with Crippen LogP contribution in [0.4, 0.5) is 16.5 Å². The number of hydrogen-bond donors (Lipinski definition) is 2. The molecule has 10 heteroatoms. The van der Waals surface area contributed by atoms with E-state index in [0.717, 1.165) is 6.26 Å². The summed E-state index contributed by atoms with van der Waals surface area (Å²) in [7, 11) is -3.25. The second-order valence-electron chi connectivity index (χ2n) is 6.27. The van der Waals surface area contributed by atoms with Crippen molar-refractivity contribution in [1.82, 2.24) is 4.98 Å². The van der Waals surface area contributed by atoms with E-state index in [-0.39, 0.29) is 16.5 Å². The Morgan fingerprint density at radius 1 is 1.03 bits per heavy atom. The summed E-state index contributed by atoms with van der Waals surface area (Å²) in [5, 5.41) is 8.00. The number of sulfone groups is 1. The average Bonchev–Trinajstić information content (AvgIpc) is 3.16. The maximum Gasteiger partial charge on any atom is 0.275 e. The number of aromatic nitrogens is 1. The summed E-state index contributed by atoms with van der Waals surface area (Å²) in [4.78, 5) is 17.0. The van der Waals surface area contributed by atoms with Gasteiger partial charge in [0.1, 0.15) is 18.9 Å². The van der Waals surface area contributed by atoms with E-state index in [9.17, 15) is 13.2 Å². The summed E-state index contributed by atoms with van der Waals surface area (Å²) in [6.07, 6.45) is 1.16. The fourth-order valence-electron chi connectivity index (χ4n) is 2.66. The molecule has 0 unspecified atom stereocenters. The molecule has 4 rings (SSSR count). The number of nitrogens with one attached hydrogen (secondary N) is 2. The third-order valence-corrected chi connectivity index (χ3v) is 5.96. The van der Waals surface area contributed by atoms with Gasteiger partial charge in [0, 0.05) is 29.1 Å². The number of benzene rings is 2. The van der Waals surface area contributed by atoms with Gasteiger partial charge in [0.05, 0.1) is 4.90 Å². The van der Waals surface area contributed by atoms with Crippen LogP contribution in [0.2, 0.25) is 0 Å². The molecule has 0 aliphatic carbocycles. The summed E-state index contributed by atoms with van der Waals surface area (Å²) in [5.41, 5.74) is 1.52. The Labute approximate surface area is 171 Å². The third-order valence-electron chi connectivity index (χ3n) is 4.07. The second kappa shape index (κ2) is 7.72. The second-order valence-corrected chi connectivity index (χ2v) is 9.15. The van der Waals surface area contributed by atoms with E-state index in [1.807, 2.05) is 0 Å². The van der Waals surface area contributed by atoms with Gasteiger partial charge in [-0.2, -0.15) is 0 Å². The Morgan fingerprint density at radius 2 is 1.72 bits per heavy atom. The van der Waals surface area contributed by atoms with E-state index in [2.05, 4.69) is 15.6 Å². The highest BCUT2D eigenvalue weighted by molar-refractivity contribution is 7.90. The molecule has 29 heavy (non-hydrogen) atoms. The Morgan fingerprint density at radius 3 is 2.45 bits per heavy atom. The topological polar surface area (TPSA) is 107 Å². The van der Waals surface area contributed by atoms with Crippen LogP contribution in [-0.2, 0) is 9.84 Å². The number of fused-ring (bicyclic) bond motifs is 1. The van der Waals surface area contributed by atoms with Crippen molar-refractivity contribution in [3.8, 4) is 11.5 Å². The molecule has 1 aliphatic rings. The van der Waals surface area contributed by atoms with Crippen LogP contribution in [0.3, 0.4) is 0 Å². The lowest BCUT2D eigenvalue weighted by Gasteiger charge is -2.18. The number of thiazole rings is 1. The van der Waals surface area contributed by atoms with E-state index in [1.54, 1.807) is 35.7 Å². The number of ether oxygens (including phenoxy) is 2. The van der Waals surface area contributed by atoms with Gasteiger partial charge in [-0.1, -0.05) is 0 Å². The minimum atomic E-state index is -3.25. The molecule has 0 radical (unpaired) electrons. The first kappa shape index (κ1) is 19.2. The monoisotopic (exact) mass is 431 g/mol. The molecular formula is C19H17N3O5S2. The first-order chi connectivity index (χ1) is 13.9. The molecule has 2 heterocycles. The van der Waals surface area contributed by atoms with Gasteiger partial charge in [0.2, 0.25) is 0 Å². The third kappa shape index (κ3) is 4.49. The van der Waals surface area contributed by atoms with Crippen LogP contribution < -0.4 is 20.1 Å². The summed E-state index contributed by atoms with van der Waals surface area (Å²) >= 11 is 1.27. The van der Waals surface area contributed by atoms with Crippen LogP contribution in [0.25, 0.3) is 0 Å². The molecule has 2 aromatic carbocycles. The van der Waals surface area contributed by atoms with Crippen molar-refractivity contribution in [2.24, 2.45) is 0 Å². The van der Waals surface area contributed by atoms with Crippen molar-refractivity contribution >= 4 is 43.6 Å². The van der Waals surface area contributed by atoms with Crippen LogP contribution in [0.15, 0.2) is 52.7 Å². The zero-order chi connectivity index (χ0) is 20.4. The molecule has 150 valence electrons. The minimum absolute atomic E-state index is 0.238. The lowest BCUT2D eigenvalue weighted by Crippen LogP contribution is -2.16. The van der Waals surface area contributed by atoms with Gasteiger partial charge in [-0.3, -0.25) is 4.79 Å². The zero-order valence-corrected chi connectivity index (χ0v) is 17.0. The molecule has 0 saturated heterocycles. The minimum Gasteiger partial charge on any atom is -0.486 e. The molecule has 0 saturated carbocycles. The predicted molar refractivity (Wildman–Crippen MR) is 110 cm³/mol. The van der Waals surface area contributed by atoms with Crippen molar-refractivity contribution in [2.75, 3.05) is 30.1 Å². The van der Waals surface area contributed by atoms with Crippen molar-refractivity contribution in [3.05, 3.63) is 53.5 Å². The number of rotatable bonds is 5. The average molecular weight is 431 g/mol. The first-order valence-electron chi connectivity index (χ1n) is 8.62. The van der Waals surface area contributed by atoms with Gasteiger partial charge in [-0.25, -0.2) is 13.4 Å². The standard InChI is InChI=1S/C19H17N3O5S2/c1-29(24,25)14-5-2-12(3-6-14)21-19-22-15(11-28-19)18(23)20-13-4-7-16-17(10-13)27-9-8-26-16/h2-7,10-11H,8-9H2,1H3,(H,20,23)(H,21,22). The lowest BCUT2D eigenvalue weighted by molar-refractivity contribution is 0.102. The van der Waals surface area contributed by atoms with Crippen LogP contribution in [-0.4, -0.2) is 38.8 Å². The first-order valence-corrected chi connectivity index (χ1v) is 11.4. The number of carbonyl (C=O) groups is 1. The van der Waals surface area contributed by atoms with Gasteiger partial charge in [-0.15, -0.1) is 11.3 Å². The predicted octanol–water partition coefficient (Wildman–Crippen LogP) is 3.31. The van der Waals surface area contributed by atoms with Gasteiger partial charge in [-0.05, 0) is 36.4 Å². The number of amides is 1. The largest absolute Gasteiger partial charge is 0.486 e. The zero-order valence-electron chi connectivity index (χ0n) is 15.3. The maximum atomic E-state index is 12.5. The van der Waals surface area contributed by atoms with E-state index in [0.29, 0.717) is 41.2 Å². The van der Waals surface area contributed by atoms with Crippen molar-refractivity contribution in [1.29, 1.82) is 0 Å². The fourth-order valence-corrected chi connectivity index (χ4v) is 4.00. The van der Waals surface area contributed by atoms with Crippen LogP contribution in [0, 0.1) is 0 Å². The smallest absolute Gasteiger partial charge is 0.275 e. The number of carbonyl (C=O) groups excluding carboxylic acids is 1. The molecule has 0 bridgehead atoms. The summed E-state index contributed by atoms with van der Waals surface area (Å²) in [6, 6.07) is 11.5. The quantitative estimate of drug-likeness (QED) is 0.638. The van der Waals surface area contributed by atoms with Crippen LogP contribution in [0.5, 0.6) is 11.5 Å². The summed E-state index contributed by atoms with van der Waals surface area (Å²) < 4.78 is 34.0. The summed E-state index contributed by atoms with van der Waals surface area (Å²) in [6.45, 7) is 0.973. The molecule has 2 N–H and O–H groups in total. The molecule has 0 spiro atoms. The van der Waals surface area contributed by atoms with Crippen LogP contribution >= 0.6 is 11.3 Å². The highest BCUT2D eigenvalue weighted by Gasteiger charge is 2.15. The Kier molecular flexibility index (Phi) is 5.12. The van der Waals surface area contributed by atoms with Crippen LogP contribution in [0.1, 0.15) is 10.5 Å². The molecule has 8 nitrogen and oxygen atoms in total. The molecule has 0 atom stereocenters. The molecular weight excluding hydrogens is 414 g/mol. The van der Waals surface area contributed by atoms with Gasteiger partial charge < -0.3 is 20.1 Å². The van der Waals surface area contributed by atoms with Crippen molar-refractivity contribution in [2.45, 2.75) is 4.90 Å². The van der Waals surface area contributed by atoms with E-state index >= 15 is 0 Å². The SMILES string of the molecule is CS(=O)(=O)c1ccc(Nc2nc(C(=O)Nc3ccc4c(c3)OCCO4)cs2)cc1. The van der Waals surface area contributed by atoms with Gasteiger partial charge in [0.15, 0.2) is 26.5 Å². The van der Waals surface area contributed by atoms with Gasteiger partial charge in [0.25, 0.3) is 5.91 Å². The normalized spacial score (nSPS) is 13.0. The van der Waals surface area contributed by atoms with Crippen molar-refractivity contribution in [3.63, 3.8) is 0 Å². The van der Waals surface area contributed by atoms with E-state index in [1.165, 1.54) is 23.5 Å². The number of nitrogens with zero attached hydrogens (tertiary/aromatic N) is 1. The molecule has 0 fully saturated rings. The van der Waals surface area contributed by atoms with E-state index < -0.39 is 9.84 Å². The summed E-state index contributed by atoms with van der Waals surface area (Å²) in [5.74, 6) is 0.891. The fraction of sp³-hybridized carbons (Fsp3) is 0.158. The van der Waals surface area contributed by atoms with Crippen molar-refractivity contribution < 1.29 is 22.7 Å². The van der Waals surface area contributed by atoms with E-state index in [4.69, 9.17) is 9.47 Å². The Bertz CT molecular complexity index is 1160. The van der Waals surface area contributed by atoms with Gasteiger partial charge >= 0.3 is 0 Å². The highest BCUT2D eigenvalue weighted by atomic mass is 32.2. The molecule has 3 aromatic rings. The molecule has 1 amide bonds. The molecule has 1 aliphatic heterocycles. The highest BCUT2D eigenvalue weighted by Crippen LogP contribution is 2.32. The maximum absolute atomic E-state index is 12.5.